The summed E-state index contributed by atoms with van der Waals surface area (Å²) in [6, 6.07) is 0.00799. The minimum atomic E-state index is -3.21. The molecule has 78 valence electrons. The van der Waals surface area contributed by atoms with Gasteiger partial charge in [-0.2, -0.15) is 0 Å². The molecule has 1 unspecified atom stereocenters. The lowest BCUT2D eigenvalue weighted by Crippen LogP contribution is -2.36. The first kappa shape index (κ1) is 12.9. The molecule has 1 amide bonds. The first-order valence-electron chi connectivity index (χ1n) is 3.88. The zero-order valence-corrected chi connectivity index (χ0v) is 10.1. The lowest BCUT2D eigenvalue weighted by Gasteiger charge is -2.11. The van der Waals surface area contributed by atoms with Gasteiger partial charge >= 0.3 is 0 Å². The fourth-order valence-corrected chi connectivity index (χ4v) is 2.04. The Kier molecular flexibility index (Phi) is 5.55. The third-order valence-electron chi connectivity index (χ3n) is 1.34. The van der Waals surface area contributed by atoms with Crippen molar-refractivity contribution in [3.8, 4) is 0 Å². The van der Waals surface area contributed by atoms with Crippen molar-refractivity contribution < 1.29 is 13.2 Å². The molecule has 0 bridgehead atoms. The van der Waals surface area contributed by atoms with Crippen LogP contribution in [0.5, 0.6) is 0 Å². The van der Waals surface area contributed by atoms with Crippen LogP contribution >= 0.6 is 15.9 Å². The van der Waals surface area contributed by atoms with E-state index in [2.05, 4.69) is 21.2 Å². The summed E-state index contributed by atoms with van der Waals surface area (Å²) in [5.41, 5.74) is 0. The Morgan fingerprint density at radius 1 is 1.54 bits per heavy atom. The Morgan fingerprint density at radius 3 is 2.46 bits per heavy atom. The number of sulfone groups is 1. The Labute approximate surface area is 87.1 Å². The zero-order chi connectivity index (χ0) is 10.5. The van der Waals surface area contributed by atoms with Crippen molar-refractivity contribution in [3.63, 3.8) is 0 Å². The van der Waals surface area contributed by atoms with Crippen LogP contribution in [0.15, 0.2) is 0 Å². The van der Waals surface area contributed by atoms with Gasteiger partial charge in [-0.1, -0.05) is 15.9 Å². The first-order valence-corrected chi connectivity index (χ1v) is 7.06. The molecule has 0 rings (SSSR count). The van der Waals surface area contributed by atoms with Gasteiger partial charge < -0.3 is 5.32 Å². The minimum absolute atomic E-state index is 0.00799. The van der Waals surface area contributed by atoms with Crippen LogP contribution in [0.4, 0.5) is 0 Å². The fraction of sp³-hybridized carbons (Fsp3) is 0.857. The number of alkyl halides is 1. The van der Waals surface area contributed by atoms with E-state index < -0.39 is 21.5 Å². The maximum Gasteiger partial charge on any atom is 0.235 e. The van der Waals surface area contributed by atoms with Crippen molar-refractivity contribution in [3.05, 3.63) is 0 Å². The fourth-order valence-electron chi connectivity index (χ4n) is 0.790. The summed E-state index contributed by atoms with van der Waals surface area (Å²) in [6.07, 6.45) is 1.83. The number of hydrogen-bond acceptors (Lipinski definition) is 3. The van der Waals surface area contributed by atoms with E-state index in [0.29, 0.717) is 0 Å². The lowest BCUT2D eigenvalue weighted by atomic mass is 10.3. The van der Waals surface area contributed by atoms with E-state index in [-0.39, 0.29) is 6.04 Å². The van der Waals surface area contributed by atoms with Crippen LogP contribution in [0.25, 0.3) is 0 Å². The van der Waals surface area contributed by atoms with Gasteiger partial charge in [0.2, 0.25) is 5.91 Å². The molecule has 1 atom stereocenters. The maximum absolute atomic E-state index is 11.0. The second kappa shape index (κ2) is 5.59. The van der Waals surface area contributed by atoms with Gasteiger partial charge in [-0.3, -0.25) is 4.79 Å². The summed E-state index contributed by atoms with van der Waals surface area (Å²) >= 11 is 3.23. The predicted octanol–water partition coefficient (Wildman–Crippen LogP) is 0.321. The molecule has 0 aromatic rings. The van der Waals surface area contributed by atoms with Gasteiger partial charge in [-0.15, -0.1) is 0 Å². The molecular formula is C7H14BrNO3S. The third-order valence-corrected chi connectivity index (χ3v) is 2.59. The third kappa shape index (κ3) is 8.24. The molecule has 0 aromatic carbocycles. The Bertz CT molecular complexity index is 263. The molecule has 0 spiro atoms. The average molecular weight is 272 g/mol. The van der Waals surface area contributed by atoms with Crippen molar-refractivity contribution in [2.24, 2.45) is 0 Å². The molecule has 0 aliphatic carbocycles. The Morgan fingerprint density at radius 2 is 2.08 bits per heavy atom. The molecule has 1 N–H and O–H groups in total. The molecule has 0 aliphatic heterocycles. The number of carbonyl (C=O) groups is 1. The van der Waals surface area contributed by atoms with Crippen molar-refractivity contribution in [1.29, 1.82) is 0 Å². The van der Waals surface area contributed by atoms with Gasteiger partial charge in [0.1, 0.15) is 5.75 Å². The number of rotatable bonds is 5. The Hall–Kier alpha value is -0.100. The van der Waals surface area contributed by atoms with Crippen molar-refractivity contribution in [2.75, 3.05) is 17.3 Å². The molecule has 0 saturated heterocycles. The molecule has 0 fully saturated rings. The molecule has 6 heteroatoms. The summed E-state index contributed by atoms with van der Waals surface area (Å²) in [5.74, 6) is -0.865. The van der Waals surface area contributed by atoms with E-state index in [1.165, 1.54) is 0 Å². The van der Waals surface area contributed by atoms with Crippen LogP contribution < -0.4 is 5.32 Å². The highest BCUT2D eigenvalue weighted by Crippen LogP contribution is 1.95. The van der Waals surface area contributed by atoms with Gasteiger partial charge in [0.25, 0.3) is 0 Å². The topological polar surface area (TPSA) is 63.2 Å². The van der Waals surface area contributed by atoms with Gasteiger partial charge in [0.15, 0.2) is 9.84 Å². The van der Waals surface area contributed by atoms with Crippen molar-refractivity contribution in [1.82, 2.24) is 5.32 Å². The lowest BCUT2D eigenvalue weighted by molar-refractivity contribution is -0.119. The molecule has 0 aliphatic rings. The quantitative estimate of drug-likeness (QED) is 0.733. The second-order valence-electron chi connectivity index (χ2n) is 3.02. The molecule has 0 saturated carbocycles. The van der Waals surface area contributed by atoms with Crippen LogP contribution in [0, 0.1) is 0 Å². The molecule has 0 radical (unpaired) electrons. The summed E-state index contributed by atoms with van der Waals surface area (Å²) in [7, 11) is -3.21. The zero-order valence-electron chi connectivity index (χ0n) is 7.71. The number of amides is 1. The summed E-state index contributed by atoms with van der Waals surface area (Å²) in [6.45, 7) is 1.83. The van der Waals surface area contributed by atoms with Crippen LogP contribution in [0.1, 0.15) is 13.3 Å². The first-order chi connectivity index (χ1) is 5.85. The van der Waals surface area contributed by atoms with E-state index in [1.807, 2.05) is 6.92 Å². The van der Waals surface area contributed by atoms with E-state index in [9.17, 15) is 13.2 Å². The summed E-state index contributed by atoms with van der Waals surface area (Å²) < 4.78 is 21.4. The van der Waals surface area contributed by atoms with Gasteiger partial charge in [-0.05, 0) is 13.3 Å². The molecular weight excluding hydrogens is 258 g/mol. The standard InChI is InChI=1S/C7H14BrNO3S/c1-6(3-4-8)9-7(10)5-13(2,11)12/h6H,3-5H2,1-2H3,(H,9,10). The number of hydrogen-bond donors (Lipinski definition) is 1. The SMILES string of the molecule is CC(CCBr)NC(=O)CS(C)(=O)=O. The van der Waals surface area contributed by atoms with Crippen molar-refractivity contribution in [2.45, 2.75) is 19.4 Å². The largest absolute Gasteiger partial charge is 0.353 e. The van der Waals surface area contributed by atoms with Gasteiger partial charge in [-0.25, -0.2) is 8.42 Å². The molecule has 0 heterocycles. The average Bonchev–Trinajstić information content (AvgIpc) is 1.81. The maximum atomic E-state index is 11.0. The molecule has 0 aromatic heterocycles. The van der Waals surface area contributed by atoms with Crippen molar-refractivity contribution >= 4 is 31.7 Å². The van der Waals surface area contributed by atoms with E-state index >= 15 is 0 Å². The number of carbonyl (C=O) groups excluding carboxylic acids is 1. The second-order valence-corrected chi connectivity index (χ2v) is 5.95. The highest BCUT2D eigenvalue weighted by molar-refractivity contribution is 9.09. The van der Waals surface area contributed by atoms with Crippen LogP contribution in [0.2, 0.25) is 0 Å². The Balaban J connectivity index is 3.88. The van der Waals surface area contributed by atoms with Crippen LogP contribution in [0.3, 0.4) is 0 Å². The predicted molar refractivity (Wildman–Crippen MR) is 55.7 cm³/mol. The number of nitrogens with one attached hydrogen (secondary N) is 1. The normalized spacial score (nSPS) is 13.8. The number of halogens is 1. The van der Waals surface area contributed by atoms with Gasteiger partial charge in [0.05, 0.1) is 0 Å². The monoisotopic (exact) mass is 271 g/mol. The van der Waals surface area contributed by atoms with E-state index in [4.69, 9.17) is 0 Å². The highest BCUT2D eigenvalue weighted by Gasteiger charge is 2.12. The summed E-state index contributed by atoms with van der Waals surface area (Å²) in [4.78, 5) is 11.0. The molecule has 4 nitrogen and oxygen atoms in total. The minimum Gasteiger partial charge on any atom is -0.353 e. The van der Waals surface area contributed by atoms with E-state index in [0.717, 1.165) is 18.0 Å². The molecule has 13 heavy (non-hydrogen) atoms. The van der Waals surface area contributed by atoms with Crippen LogP contribution in [-0.4, -0.2) is 37.7 Å². The van der Waals surface area contributed by atoms with Gasteiger partial charge in [0, 0.05) is 17.6 Å². The highest BCUT2D eigenvalue weighted by atomic mass is 79.9. The summed E-state index contributed by atoms with van der Waals surface area (Å²) in [5, 5.41) is 3.37. The van der Waals surface area contributed by atoms with E-state index in [1.54, 1.807) is 0 Å². The van der Waals surface area contributed by atoms with Crippen LogP contribution in [-0.2, 0) is 14.6 Å². The smallest absolute Gasteiger partial charge is 0.235 e.